The van der Waals surface area contributed by atoms with Crippen molar-refractivity contribution in [3.8, 4) is 5.75 Å². The minimum atomic E-state index is -1.14. The van der Waals surface area contributed by atoms with Gasteiger partial charge in [0.15, 0.2) is 5.72 Å². The zero-order valence-corrected chi connectivity index (χ0v) is 22.9. The molecule has 1 spiro atoms. The first-order valence-corrected chi connectivity index (χ1v) is 13.4. The van der Waals surface area contributed by atoms with Gasteiger partial charge in [-0.2, -0.15) is 0 Å². The van der Waals surface area contributed by atoms with Gasteiger partial charge >= 0.3 is 12.1 Å². The summed E-state index contributed by atoms with van der Waals surface area (Å²) in [5, 5.41) is 0.725. The van der Waals surface area contributed by atoms with E-state index in [1.165, 1.54) is 4.90 Å². The molecule has 4 rings (SSSR count). The molecular formula is C30H36N2O7. The van der Waals surface area contributed by atoms with Crippen molar-refractivity contribution >= 4 is 23.9 Å². The maximum absolute atomic E-state index is 13.9. The van der Waals surface area contributed by atoms with E-state index in [9.17, 15) is 19.2 Å². The largest absolute Gasteiger partial charge is 0.466 e. The normalized spacial score (nSPS) is 22.2. The molecule has 0 unspecified atom stereocenters. The summed E-state index contributed by atoms with van der Waals surface area (Å²) < 4.78 is 11.9. The highest BCUT2D eigenvalue weighted by Gasteiger charge is 2.57. The third-order valence-corrected chi connectivity index (χ3v) is 7.41. The molecule has 1 aliphatic heterocycles. The second-order valence-electron chi connectivity index (χ2n) is 10.7. The summed E-state index contributed by atoms with van der Waals surface area (Å²) in [5.74, 6) is -0.889. The van der Waals surface area contributed by atoms with E-state index in [4.69, 9.17) is 14.3 Å². The molecule has 3 amide bonds. The van der Waals surface area contributed by atoms with Crippen LogP contribution in [0.5, 0.6) is 5.75 Å². The van der Waals surface area contributed by atoms with Gasteiger partial charge in [-0.3, -0.25) is 14.4 Å². The minimum absolute atomic E-state index is 0.0301. The molecule has 9 heteroatoms. The molecule has 1 fully saturated rings. The Morgan fingerprint density at radius 2 is 1.77 bits per heavy atom. The topological polar surface area (TPSA) is 102 Å². The van der Waals surface area contributed by atoms with Crippen LogP contribution in [-0.4, -0.2) is 46.1 Å². The van der Waals surface area contributed by atoms with Gasteiger partial charge in [0.1, 0.15) is 12.4 Å². The van der Waals surface area contributed by atoms with Crippen LogP contribution in [0.1, 0.15) is 69.3 Å². The quantitative estimate of drug-likeness (QED) is 0.459. The van der Waals surface area contributed by atoms with Gasteiger partial charge in [-0.1, -0.05) is 63.2 Å². The van der Waals surface area contributed by atoms with E-state index < -0.39 is 29.6 Å². The van der Waals surface area contributed by atoms with Crippen LogP contribution in [0.3, 0.4) is 0 Å². The molecule has 9 nitrogen and oxygen atoms in total. The Kier molecular flexibility index (Phi) is 8.57. The number of nitrogens with zero attached hydrogens (tertiary/aromatic N) is 2. The Balaban J connectivity index is 1.58. The summed E-state index contributed by atoms with van der Waals surface area (Å²) in [4.78, 5) is 58.5. The van der Waals surface area contributed by atoms with E-state index in [1.54, 1.807) is 30.3 Å². The number of hydrogen-bond acceptors (Lipinski definition) is 7. The lowest BCUT2D eigenvalue weighted by atomic mass is 9.69. The molecule has 39 heavy (non-hydrogen) atoms. The van der Waals surface area contributed by atoms with Crippen LogP contribution in [0.2, 0.25) is 0 Å². The number of hydrogen-bond donors (Lipinski definition) is 0. The van der Waals surface area contributed by atoms with Crippen LogP contribution in [-0.2, 0) is 25.8 Å². The van der Waals surface area contributed by atoms with Crippen LogP contribution in [0.4, 0.5) is 4.79 Å². The summed E-state index contributed by atoms with van der Waals surface area (Å²) in [6.45, 7) is 7.09. The van der Waals surface area contributed by atoms with Crippen LogP contribution < -0.4 is 4.74 Å². The number of ether oxygens (including phenoxy) is 2. The van der Waals surface area contributed by atoms with Crippen molar-refractivity contribution in [3.63, 3.8) is 0 Å². The molecular weight excluding hydrogens is 500 g/mol. The summed E-state index contributed by atoms with van der Waals surface area (Å²) >= 11 is 0. The maximum atomic E-state index is 13.9. The number of rotatable bonds is 6. The number of amides is 3. The second kappa shape index (κ2) is 11.9. The average molecular weight is 537 g/mol. The first kappa shape index (κ1) is 28.1. The maximum Gasteiger partial charge on any atom is 0.443 e. The molecule has 2 aromatic carbocycles. The van der Waals surface area contributed by atoms with Crippen LogP contribution in [0.15, 0.2) is 54.6 Å². The highest BCUT2D eigenvalue weighted by atomic mass is 16.7. The molecule has 1 saturated carbocycles. The molecule has 0 bridgehead atoms. The standard InChI is InChI=1S/C30H36N2O7/c1-20(2)25-15-14-21(3)18-30(25)32(28(35)24-12-8-9-13-26(24)38-30)27(34)16-17-31(39-22(4)33)29(36)37-19-23-10-6-5-7-11-23/h5-13,20-21,25H,14-19H2,1-4H3/t21-,25+,30+/m1/s1. The van der Waals surface area contributed by atoms with E-state index in [2.05, 4.69) is 20.8 Å². The third-order valence-electron chi connectivity index (χ3n) is 7.41. The molecule has 208 valence electrons. The summed E-state index contributed by atoms with van der Waals surface area (Å²) in [6, 6.07) is 16.0. The lowest BCUT2D eigenvalue weighted by Crippen LogP contribution is -2.67. The van der Waals surface area contributed by atoms with Crippen molar-refractivity contribution in [1.82, 2.24) is 9.96 Å². The number of benzene rings is 2. The molecule has 0 radical (unpaired) electrons. The van der Waals surface area contributed by atoms with Gasteiger partial charge in [-0.25, -0.2) is 9.69 Å². The Morgan fingerprint density at radius 3 is 2.46 bits per heavy atom. The van der Waals surface area contributed by atoms with Crippen LogP contribution in [0.25, 0.3) is 0 Å². The molecule has 2 aromatic rings. The average Bonchev–Trinajstić information content (AvgIpc) is 2.89. The lowest BCUT2D eigenvalue weighted by molar-refractivity contribution is -0.185. The van der Waals surface area contributed by atoms with E-state index in [0.717, 1.165) is 30.4 Å². The lowest BCUT2D eigenvalue weighted by Gasteiger charge is -2.54. The first-order chi connectivity index (χ1) is 18.6. The Bertz CT molecular complexity index is 1210. The van der Waals surface area contributed by atoms with Gasteiger partial charge in [-0.15, -0.1) is 5.06 Å². The van der Waals surface area contributed by atoms with Crippen molar-refractivity contribution in [1.29, 1.82) is 0 Å². The minimum Gasteiger partial charge on any atom is -0.466 e. The number of hydroxylamine groups is 2. The van der Waals surface area contributed by atoms with Crippen molar-refractivity contribution < 1.29 is 33.5 Å². The summed E-state index contributed by atoms with van der Waals surface area (Å²) in [7, 11) is 0. The predicted molar refractivity (Wildman–Crippen MR) is 142 cm³/mol. The fraction of sp³-hybridized carbons (Fsp3) is 0.467. The van der Waals surface area contributed by atoms with E-state index >= 15 is 0 Å². The SMILES string of the molecule is CC(=O)ON(CCC(=O)N1C(=O)c2ccccc2O[C@]12C[C@H](C)CC[C@H]2C(C)C)C(=O)OCc1ccccc1. The Labute approximate surface area is 229 Å². The van der Waals surface area contributed by atoms with Crippen LogP contribution in [0, 0.1) is 17.8 Å². The number of imide groups is 1. The number of carbonyl (C=O) groups excluding carboxylic acids is 4. The van der Waals surface area contributed by atoms with Gasteiger partial charge in [0, 0.05) is 25.7 Å². The second-order valence-corrected chi connectivity index (χ2v) is 10.7. The van der Waals surface area contributed by atoms with E-state index in [0.29, 0.717) is 17.7 Å². The zero-order valence-electron chi connectivity index (χ0n) is 22.9. The number of fused-ring (bicyclic) bond motifs is 1. The predicted octanol–water partition coefficient (Wildman–Crippen LogP) is 5.34. The van der Waals surface area contributed by atoms with Gasteiger partial charge < -0.3 is 14.3 Å². The fourth-order valence-electron chi connectivity index (χ4n) is 5.69. The van der Waals surface area contributed by atoms with Crippen molar-refractivity contribution in [2.75, 3.05) is 6.54 Å². The van der Waals surface area contributed by atoms with Gasteiger partial charge in [0.2, 0.25) is 5.91 Å². The van der Waals surface area contributed by atoms with Crippen molar-refractivity contribution in [3.05, 3.63) is 65.7 Å². The van der Waals surface area contributed by atoms with E-state index in [-0.39, 0.29) is 37.3 Å². The summed E-state index contributed by atoms with van der Waals surface area (Å²) in [5.41, 5.74) is -0.0714. The number of para-hydroxylation sites is 1. The molecule has 1 aliphatic carbocycles. The molecule has 0 N–H and O–H groups in total. The van der Waals surface area contributed by atoms with Gasteiger partial charge in [0.05, 0.1) is 12.1 Å². The fourth-order valence-corrected chi connectivity index (χ4v) is 5.69. The summed E-state index contributed by atoms with van der Waals surface area (Å²) in [6.07, 6.45) is 1.11. The highest BCUT2D eigenvalue weighted by Crippen LogP contribution is 2.49. The third kappa shape index (κ3) is 6.08. The molecule has 0 aromatic heterocycles. The molecule has 1 heterocycles. The Morgan fingerprint density at radius 1 is 1.08 bits per heavy atom. The molecule has 2 aliphatic rings. The molecule has 0 saturated heterocycles. The Hall–Kier alpha value is -3.88. The van der Waals surface area contributed by atoms with Gasteiger partial charge in [0.25, 0.3) is 5.91 Å². The van der Waals surface area contributed by atoms with Gasteiger partial charge in [-0.05, 0) is 42.4 Å². The van der Waals surface area contributed by atoms with Crippen molar-refractivity contribution in [2.24, 2.45) is 17.8 Å². The molecule has 3 atom stereocenters. The van der Waals surface area contributed by atoms with Crippen LogP contribution >= 0.6 is 0 Å². The highest BCUT2D eigenvalue weighted by molar-refractivity contribution is 6.08. The van der Waals surface area contributed by atoms with Crippen molar-refractivity contribution in [2.45, 2.75) is 65.7 Å². The first-order valence-electron chi connectivity index (χ1n) is 13.4. The van der Waals surface area contributed by atoms with E-state index in [1.807, 2.05) is 24.3 Å². The monoisotopic (exact) mass is 536 g/mol. The smallest absolute Gasteiger partial charge is 0.443 e. The zero-order chi connectivity index (χ0) is 28.2. The number of carbonyl (C=O) groups is 4.